The standard InChI is InChI=1S/C18H16FN5O2/c19-15-8-6-13(7-9-15)10-20-16(25)11-24-12-21-18(23-24)22-17(26)14-4-2-1-3-5-14/h1-9,12H,10-11H2,(H,20,25)(H,22,23,26). The minimum Gasteiger partial charge on any atom is -0.350 e. The fraction of sp³-hybridized carbons (Fsp3) is 0.111. The van der Waals surface area contributed by atoms with E-state index in [0.717, 1.165) is 5.56 Å². The van der Waals surface area contributed by atoms with Crippen molar-refractivity contribution in [2.24, 2.45) is 0 Å². The number of hydrogen-bond donors (Lipinski definition) is 2. The second-order valence-electron chi connectivity index (χ2n) is 5.49. The van der Waals surface area contributed by atoms with Crippen LogP contribution in [0.1, 0.15) is 15.9 Å². The first-order valence-electron chi connectivity index (χ1n) is 7.87. The highest BCUT2D eigenvalue weighted by Crippen LogP contribution is 2.04. The zero-order valence-electron chi connectivity index (χ0n) is 13.7. The van der Waals surface area contributed by atoms with Gasteiger partial charge in [-0.1, -0.05) is 30.3 Å². The maximum absolute atomic E-state index is 12.8. The molecule has 2 amide bonds. The number of rotatable bonds is 6. The minimum absolute atomic E-state index is 0.0462. The summed E-state index contributed by atoms with van der Waals surface area (Å²) in [6.45, 7) is 0.237. The topological polar surface area (TPSA) is 88.9 Å². The molecule has 8 heteroatoms. The molecule has 0 aliphatic carbocycles. The molecule has 26 heavy (non-hydrogen) atoms. The number of halogens is 1. The first kappa shape index (κ1) is 17.3. The van der Waals surface area contributed by atoms with Crippen LogP contribution in [-0.4, -0.2) is 26.6 Å². The lowest BCUT2D eigenvalue weighted by molar-refractivity contribution is -0.122. The van der Waals surface area contributed by atoms with Crippen molar-refractivity contribution in [2.75, 3.05) is 5.32 Å². The first-order valence-corrected chi connectivity index (χ1v) is 7.87. The molecule has 0 saturated heterocycles. The quantitative estimate of drug-likeness (QED) is 0.709. The van der Waals surface area contributed by atoms with E-state index in [9.17, 15) is 14.0 Å². The number of anilines is 1. The molecule has 7 nitrogen and oxygen atoms in total. The maximum atomic E-state index is 12.8. The number of nitrogens with one attached hydrogen (secondary N) is 2. The van der Waals surface area contributed by atoms with Gasteiger partial charge in [0.15, 0.2) is 0 Å². The molecule has 0 unspecified atom stereocenters. The van der Waals surface area contributed by atoms with E-state index in [4.69, 9.17) is 0 Å². The molecule has 0 aliphatic rings. The highest BCUT2D eigenvalue weighted by molar-refractivity contribution is 6.03. The normalized spacial score (nSPS) is 10.3. The average Bonchev–Trinajstić information content (AvgIpc) is 3.08. The molecule has 3 aromatic rings. The van der Waals surface area contributed by atoms with E-state index in [1.165, 1.54) is 23.1 Å². The summed E-state index contributed by atoms with van der Waals surface area (Å²) in [5.74, 6) is -0.817. The van der Waals surface area contributed by atoms with Gasteiger partial charge >= 0.3 is 0 Å². The SMILES string of the molecule is O=C(Cn1cnc(NC(=O)c2ccccc2)n1)NCc1ccc(F)cc1. The minimum atomic E-state index is -0.330. The summed E-state index contributed by atoms with van der Waals surface area (Å²) < 4.78 is 14.2. The van der Waals surface area contributed by atoms with Crippen LogP contribution in [0.5, 0.6) is 0 Å². The van der Waals surface area contributed by atoms with Crippen LogP contribution in [0.3, 0.4) is 0 Å². The Bertz CT molecular complexity index is 893. The van der Waals surface area contributed by atoms with Gasteiger partial charge in [0.25, 0.3) is 5.91 Å². The Kier molecular flexibility index (Phi) is 5.33. The van der Waals surface area contributed by atoms with Gasteiger partial charge in [0.1, 0.15) is 18.7 Å². The Labute approximate surface area is 148 Å². The zero-order chi connectivity index (χ0) is 18.4. The van der Waals surface area contributed by atoms with E-state index >= 15 is 0 Å². The van der Waals surface area contributed by atoms with Gasteiger partial charge in [0, 0.05) is 12.1 Å². The summed E-state index contributed by atoms with van der Waals surface area (Å²) >= 11 is 0. The Morgan fingerprint density at radius 3 is 2.50 bits per heavy atom. The molecule has 1 aromatic heterocycles. The van der Waals surface area contributed by atoms with Gasteiger partial charge in [0.05, 0.1) is 0 Å². The van der Waals surface area contributed by atoms with Crippen molar-refractivity contribution >= 4 is 17.8 Å². The van der Waals surface area contributed by atoms with E-state index in [1.54, 1.807) is 36.4 Å². The molecule has 0 spiro atoms. The van der Waals surface area contributed by atoms with Gasteiger partial charge in [-0.15, -0.1) is 5.10 Å². The van der Waals surface area contributed by atoms with Crippen LogP contribution >= 0.6 is 0 Å². The van der Waals surface area contributed by atoms with Gasteiger partial charge in [-0.2, -0.15) is 0 Å². The van der Waals surface area contributed by atoms with Gasteiger partial charge in [-0.05, 0) is 29.8 Å². The van der Waals surface area contributed by atoms with Crippen LogP contribution < -0.4 is 10.6 Å². The molecule has 0 bridgehead atoms. The number of hydrogen-bond acceptors (Lipinski definition) is 4. The fourth-order valence-corrected chi connectivity index (χ4v) is 2.20. The Morgan fingerprint density at radius 2 is 1.77 bits per heavy atom. The Hall–Kier alpha value is -3.55. The van der Waals surface area contributed by atoms with Crippen molar-refractivity contribution in [1.29, 1.82) is 0 Å². The van der Waals surface area contributed by atoms with Gasteiger partial charge < -0.3 is 5.32 Å². The summed E-state index contributed by atoms with van der Waals surface area (Å²) in [5, 5.41) is 9.32. The summed E-state index contributed by atoms with van der Waals surface area (Å²) in [7, 11) is 0. The first-order chi connectivity index (χ1) is 12.6. The number of nitrogens with zero attached hydrogens (tertiary/aromatic N) is 3. The molecule has 2 aromatic carbocycles. The van der Waals surface area contributed by atoms with Crippen molar-refractivity contribution in [3.05, 3.63) is 77.9 Å². The second kappa shape index (κ2) is 8.02. The van der Waals surface area contributed by atoms with E-state index < -0.39 is 0 Å². The van der Waals surface area contributed by atoms with E-state index in [-0.39, 0.29) is 36.7 Å². The number of aromatic nitrogens is 3. The molecule has 1 heterocycles. The Morgan fingerprint density at radius 1 is 1.04 bits per heavy atom. The zero-order valence-corrected chi connectivity index (χ0v) is 13.7. The summed E-state index contributed by atoms with van der Waals surface area (Å²) in [4.78, 5) is 27.9. The van der Waals surface area contributed by atoms with Crippen LogP contribution in [0, 0.1) is 5.82 Å². The van der Waals surface area contributed by atoms with Crippen LogP contribution in [-0.2, 0) is 17.9 Å². The van der Waals surface area contributed by atoms with Crippen molar-refractivity contribution in [1.82, 2.24) is 20.1 Å². The molecule has 132 valence electrons. The lowest BCUT2D eigenvalue weighted by Gasteiger charge is -2.05. The van der Waals surface area contributed by atoms with E-state index in [0.29, 0.717) is 5.56 Å². The third-order valence-electron chi connectivity index (χ3n) is 3.51. The molecule has 0 aliphatic heterocycles. The lowest BCUT2D eigenvalue weighted by Crippen LogP contribution is -2.27. The maximum Gasteiger partial charge on any atom is 0.258 e. The molecule has 0 fully saturated rings. The molecule has 0 atom stereocenters. The van der Waals surface area contributed by atoms with Crippen molar-refractivity contribution in [2.45, 2.75) is 13.1 Å². The van der Waals surface area contributed by atoms with Crippen molar-refractivity contribution in [3.63, 3.8) is 0 Å². The van der Waals surface area contributed by atoms with Crippen molar-refractivity contribution in [3.8, 4) is 0 Å². The molecule has 3 rings (SSSR count). The average molecular weight is 353 g/mol. The number of carbonyl (C=O) groups excluding carboxylic acids is 2. The molecule has 2 N–H and O–H groups in total. The highest BCUT2D eigenvalue weighted by Gasteiger charge is 2.10. The van der Waals surface area contributed by atoms with Crippen molar-refractivity contribution < 1.29 is 14.0 Å². The third kappa shape index (κ3) is 4.73. The van der Waals surface area contributed by atoms with E-state index in [2.05, 4.69) is 20.7 Å². The van der Waals surface area contributed by atoms with Gasteiger partial charge in [-0.3, -0.25) is 14.9 Å². The lowest BCUT2D eigenvalue weighted by atomic mass is 10.2. The summed E-state index contributed by atoms with van der Waals surface area (Å²) in [6.07, 6.45) is 1.36. The number of carbonyl (C=O) groups is 2. The van der Waals surface area contributed by atoms with Crippen LogP contribution in [0.4, 0.5) is 10.3 Å². The van der Waals surface area contributed by atoms with Gasteiger partial charge in [0.2, 0.25) is 11.9 Å². The molecule has 0 saturated carbocycles. The summed E-state index contributed by atoms with van der Waals surface area (Å²) in [6, 6.07) is 14.5. The third-order valence-corrected chi connectivity index (χ3v) is 3.51. The monoisotopic (exact) mass is 353 g/mol. The predicted octanol–water partition coefficient (Wildman–Crippen LogP) is 1.99. The fourth-order valence-electron chi connectivity index (χ4n) is 2.20. The molecular formula is C18H16FN5O2. The summed E-state index contributed by atoms with van der Waals surface area (Å²) in [5.41, 5.74) is 1.27. The Balaban J connectivity index is 1.50. The van der Waals surface area contributed by atoms with E-state index in [1.807, 2.05) is 6.07 Å². The number of benzene rings is 2. The second-order valence-corrected chi connectivity index (χ2v) is 5.49. The smallest absolute Gasteiger partial charge is 0.258 e. The van der Waals surface area contributed by atoms with Crippen LogP contribution in [0.25, 0.3) is 0 Å². The largest absolute Gasteiger partial charge is 0.350 e. The molecule has 0 radical (unpaired) electrons. The highest BCUT2D eigenvalue weighted by atomic mass is 19.1. The predicted molar refractivity (Wildman–Crippen MR) is 92.7 cm³/mol. The molecular weight excluding hydrogens is 337 g/mol. The van der Waals surface area contributed by atoms with Gasteiger partial charge in [-0.25, -0.2) is 14.1 Å². The van der Waals surface area contributed by atoms with Crippen LogP contribution in [0.15, 0.2) is 60.9 Å². The number of amides is 2. The van der Waals surface area contributed by atoms with Crippen LogP contribution in [0.2, 0.25) is 0 Å².